The first-order chi connectivity index (χ1) is 11.9. The highest BCUT2D eigenvalue weighted by Crippen LogP contribution is 2.22. The van der Waals surface area contributed by atoms with Gasteiger partial charge in [-0.1, -0.05) is 18.2 Å². The second-order valence-electron chi connectivity index (χ2n) is 5.23. The van der Waals surface area contributed by atoms with Gasteiger partial charge in [0, 0.05) is 5.75 Å². The number of benzene rings is 2. The Morgan fingerprint density at radius 1 is 1.16 bits per heavy atom. The maximum atomic E-state index is 13.6. The summed E-state index contributed by atoms with van der Waals surface area (Å²) in [7, 11) is 1.30. The van der Waals surface area contributed by atoms with Crippen LogP contribution in [0.4, 0.5) is 14.5 Å². The molecule has 0 bridgehead atoms. The smallest absolute Gasteiger partial charge is 0.337 e. The van der Waals surface area contributed by atoms with E-state index in [9.17, 15) is 18.4 Å². The maximum Gasteiger partial charge on any atom is 0.337 e. The second-order valence-corrected chi connectivity index (χ2v) is 6.56. The van der Waals surface area contributed by atoms with Gasteiger partial charge in [-0.05, 0) is 36.8 Å². The molecule has 7 heteroatoms. The van der Waals surface area contributed by atoms with E-state index in [4.69, 9.17) is 0 Å². The van der Waals surface area contributed by atoms with Crippen LogP contribution in [0.2, 0.25) is 0 Å². The van der Waals surface area contributed by atoms with Crippen LogP contribution in [0.15, 0.2) is 42.5 Å². The quantitative estimate of drug-likeness (QED) is 0.786. The molecule has 0 aliphatic heterocycles. The van der Waals surface area contributed by atoms with Crippen molar-refractivity contribution in [1.29, 1.82) is 0 Å². The molecule has 0 saturated heterocycles. The lowest BCUT2D eigenvalue weighted by atomic mass is 10.1. The number of anilines is 1. The zero-order valence-electron chi connectivity index (χ0n) is 13.7. The molecule has 2 aromatic carbocycles. The van der Waals surface area contributed by atoms with E-state index in [1.807, 2.05) is 6.07 Å². The molecule has 132 valence electrons. The molecule has 0 saturated carbocycles. The molecule has 0 aromatic heterocycles. The van der Waals surface area contributed by atoms with E-state index in [0.717, 1.165) is 17.7 Å². The van der Waals surface area contributed by atoms with Gasteiger partial charge in [0.25, 0.3) is 0 Å². The number of thioether (sulfide) groups is 1. The highest BCUT2D eigenvalue weighted by atomic mass is 32.2. The average molecular weight is 365 g/mol. The topological polar surface area (TPSA) is 55.4 Å². The Labute approximate surface area is 148 Å². The molecule has 1 N–H and O–H groups in total. The lowest BCUT2D eigenvalue weighted by molar-refractivity contribution is -0.115. The third-order valence-corrected chi connectivity index (χ3v) is 4.64. The molecule has 1 amide bonds. The fraction of sp³-hybridized carbons (Fsp3) is 0.222. The molecule has 25 heavy (non-hydrogen) atoms. The summed E-state index contributed by atoms with van der Waals surface area (Å²) in [5, 5.41) is 1.73. The zero-order chi connectivity index (χ0) is 18.4. The number of nitrogens with one attached hydrogen (secondary N) is 1. The van der Waals surface area contributed by atoms with E-state index >= 15 is 0 Å². The van der Waals surface area contributed by atoms with E-state index < -0.39 is 34.4 Å². The van der Waals surface area contributed by atoms with Gasteiger partial charge < -0.3 is 10.1 Å². The van der Waals surface area contributed by atoms with E-state index in [2.05, 4.69) is 10.1 Å². The number of esters is 1. The molecule has 1 unspecified atom stereocenters. The van der Waals surface area contributed by atoms with E-state index in [1.165, 1.54) is 24.9 Å². The van der Waals surface area contributed by atoms with Gasteiger partial charge in [0.1, 0.15) is 17.3 Å². The summed E-state index contributed by atoms with van der Waals surface area (Å²) in [5.74, 6) is -2.13. The fourth-order valence-electron chi connectivity index (χ4n) is 2.04. The van der Waals surface area contributed by atoms with Crippen molar-refractivity contribution >= 4 is 29.3 Å². The van der Waals surface area contributed by atoms with Crippen molar-refractivity contribution in [2.45, 2.75) is 17.9 Å². The van der Waals surface area contributed by atoms with Crippen LogP contribution in [-0.4, -0.2) is 24.2 Å². The van der Waals surface area contributed by atoms with Gasteiger partial charge in [-0.25, -0.2) is 13.6 Å². The number of para-hydroxylation sites is 1. The lowest BCUT2D eigenvalue weighted by Crippen LogP contribution is -2.23. The number of hydrogen-bond donors (Lipinski definition) is 1. The standard InChI is InChI=1S/C18H17F2NO3S/c1-11(17(22)21-16-14(19)7-4-8-15(16)20)25-10-12-5-3-6-13(9-12)18(23)24-2/h3-9,11H,10H2,1-2H3,(H,21,22). The Balaban J connectivity index is 1.97. The van der Waals surface area contributed by atoms with Crippen LogP contribution in [-0.2, 0) is 15.3 Å². The number of halogens is 2. The van der Waals surface area contributed by atoms with Crippen molar-refractivity contribution in [1.82, 2.24) is 0 Å². The predicted octanol–water partition coefficient (Wildman–Crippen LogP) is 4.01. The molecular formula is C18H17F2NO3S. The molecule has 0 aliphatic carbocycles. The van der Waals surface area contributed by atoms with Crippen LogP contribution in [0.3, 0.4) is 0 Å². The number of rotatable bonds is 6. The first-order valence-corrected chi connectivity index (χ1v) is 8.51. The number of ether oxygens (including phenoxy) is 1. The van der Waals surface area contributed by atoms with Crippen LogP contribution in [0.5, 0.6) is 0 Å². The molecule has 0 heterocycles. The third-order valence-electron chi connectivity index (χ3n) is 3.43. The molecule has 2 rings (SSSR count). The summed E-state index contributed by atoms with van der Waals surface area (Å²) < 4.78 is 31.8. The molecule has 2 aromatic rings. The molecular weight excluding hydrogens is 348 g/mol. The molecule has 0 spiro atoms. The van der Waals surface area contributed by atoms with Crippen LogP contribution < -0.4 is 5.32 Å². The Morgan fingerprint density at radius 3 is 2.44 bits per heavy atom. The van der Waals surface area contributed by atoms with Gasteiger partial charge in [0.2, 0.25) is 5.91 Å². The monoisotopic (exact) mass is 365 g/mol. The first-order valence-electron chi connectivity index (χ1n) is 7.46. The average Bonchev–Trinajstić information content (AvgIpc) is 2.62. The summed E-state index contributed by atoms with van der Waals surface area (Å²) in [6.07, 6.45) is 0. The van der Waals surface area contributed by atoms with Crippen molar-refractivity contribution in [3.8, 4) is 0 Å². The molecule has 0 fully saturated rings. The number of methoxy groups -OCH3 is 1. The Bertz CT molecular complexity index is 762. The first kappa shape index (κ1) is 18.9. The number of carbonyl (C=O) groups excluding carboxylic acids is 2. The van der Waals surface area contributed by atoms with Gasteiger partial charge in [-0.15, -0.1) is 11.8 Å². The summed E-state index contributed by atoms with van der Waals surface area (Å²) in [6, 6.07) is 10.2. The van der Waals surface area contributed by atoms with Gasteiger partial charge in [-0.3, -0.25) is 4.79 Å². The minimum absolute atomic E-state index is 0.422. The highest BCUT2D eigenvalue weighted by Gasteiger charge is 2.18. The Kier molecular flexibility index (Phi) is 6.52. The summed E-state index contributed by atoms with van der Waals surface area (Å²) in [6.45, 7) is 1.64. The summed E-state index contributed by atoms with van der Waals surface area (Å²) in [5.41, 5.74) is 0.809. The summed E-state index contributed by atoms with van der Waals surface area (Å²) in [4.78, 5) is 23.6. The normalized spacial score (nSPS) is 11.7. The van der Waals surface area contributed by atoms with Gasteiger partial charge in [0.05, 0.1) is 17.9 Å². The van der Waals surface area contributed by atoms with Crippen molar-refractivity contribution in [2.24, 2.45) is 0 Å². The number of amides is 1. The highest BCUT2D eigenvalue weighted by molar-refractivity contribution is 7.99. The van der Waals surface area contributed by atoms with Crippen LogP contribution >= 0.6 is 11.8 Å². The van der Waals surface area contributed by atoms with Crippen molar-refractivity contribution in [2.75, 3.05) is 12.4 Å². The van der Waals surface area contributed by atoms with Crippen LogP contribution in [0.25, 0.3) is 0 Å². The van der Waals surface area contributed by atoms with Crippen molar-refractivity contribution < 1.29 is 23.1 Å². The lowest BCUT2D eigenvalue weighted by Gasteiger charge is -2.13. The zero-order valence-corrected chi connectivity index (χ0v) is 14.5. The van der Waals surface area contributed by atoms with Crippen LogP contribution in [0, 0.1) is 11.6 Å². The molecule has 1 atom stereocenters. The minimum atomic E-state index is -0.823. The van der Waals surface area contributed by atoms with Gasteiger partial charge in [0.15, 0.2) is 0 Å². The molecule has 4 nitrogen and oxygen atoms in total. The van der Waals surface area contributed by atoms with E-state index in [1.54, 1.807) is 25.1 Å². The number of carbonyl (C=O) groups is 2. The number of hydrogen-bond acceptors (Lipinski definition) is 4. The third kappa shape index (κ3) is 5.03. The predicted molar refractivity (Wildman–Crippen MR) is 93.5 cm³/mol. The Morgan fingerprint density at radius 2 is 1.80 bits per heavy atom. The van der Waals surface area contributed by atoms with Crippen LogP contribution in [0.1, 0.15) is 22.8 Å². The largest absolute Gasteiger partial charge is 0.465 e. The van der Waals surface area contributed by atoms with E-state index in [0.29, 0.717) is 11.3 Å². The minimum Gasteiger partial charge on any atom is -0.465 e. The second kappa shape index (κ2) is 8.62. The van der Waals surface area contributed by atoms with Crippen molar-refractivity contribution in [3.05, 3.63) is 65.2 Å². The van der Waals surface area contributed by atoms with E-state index in [-0.39, 0.29) is 0 Å². The summed E-state index contributed by atoms with van der Waals surface area (Å²) >= 11 is 1.29. The fourth-order valence-corrected chi connectivity index (χ4v) is 2.88. The van der Waals surface area contributed by atoms with Gasteiger partial charge >= 0.3 is 5.97 Å². The Hall–Kier alpha value is -2.41. The van der Waals surface area contributed by atoms with Gasteiger partial charge in [-0.2, -0.15) is 0 Å². The SMILES string of the molecule is COC(=O)c1cccc(CSC(C)C(=O)Nc2c(F)cccc2F)c1. The molecule has 0 radical (unpaired) electrons. The molecule has 0 aliphatic rings. The maximum absolute atomic E-state index is 13.6. The van der Waals surface area contributed by atoms with Crippen molar-refractivity contribution in [3.63, 3.8) is 0 Å².